The lowest BCUT2D eigenvalue weighted by Gasteiger charge is -2.24. The van der Waals surface area contributed by atoms with E-state index >= 15 is 0 Å². The maximum Gasteiger partial charge on any atom is 0.416 e. The lowest BCUT2D eigenvalue weighted by Crippen LogP contribution is -2.36. The van der Waals surface area contributed by atoms with Gasteiger partial charge in [0.05, 0.1) is 25.3 Å². The predicted octanol–water partition coefficient (Wildman–Crippen LogP) is 6.06. The van der Waals surface area contributed by atoms with Crippen molar-refractivity contribution in [1.29, 1.82) is 0 Å². The van der Waals surface area contributed by atoms with Crippen LogP contribution >= 0.6 is 0 Å². The van der Waals surface area contributed by atoms with Crippen LogP contribution in [0, 0.1) is 18.8 Å². The summed E-state index contributed by atoms with van der Waals surface area (Å²) in [5, 5.41) is 9.08. The fourth-order valence-electron chi connectivity index (χ4n) is 4.29. The molecule has 1 heterocycles. The molecule has 1 saturated heterocycles. The molecule has 0 aromatic heterocycles. The Labute approximate surface area is 243 Å². The van der Waals surface area contributed by atoms with Gasteiger partial charge in [-0.2, -0.15) is 13.2 Å². The fraction of sp³-hybridized carbons (Fsp3) is 0.303. The van der Waals surface area contributed by atoms with Crippen LogP contribution in [0.15, 0.2) is 72.8 Å². The van der Waals surface area contributed by atoms with Gasteiger partial charge in [-0.05, 0) is 84.7 Å². The molecule has 4 rings (SSSR count). The number of aryl methyl sites for hydroxylation is 1. The van der Waals surface area contributed by atoms with E-state index in [-0.39, 0.29) is 6.61 Å². The van der Waals surface area contributed by atoms with Crippen molar-refractivity contribution in [2.75, 3.05) is 39.5 Å². The second-order valence-electron chi connectivity index (χ2n) is 9.80. The summed E-state index contributed by atoms with van der Waals surface area (Å²) in [4.78, 5) is 13.3. The molecule has 1 unspecified atom stereocenters. The highest BCUT2D eigenvalue weighted by Crippen LogP contribution is 2.32. The number of carbonyl (C=O) groups is 1. The third-order valence-corrected chi connectivity index (χ3v) is 6.69. The van der Waals surface area contributed by atoms with Crippen LogP contribution in [0.3, 0.4) is 0 Å². The van der Waals surface area contributed by atoms with Crippen LogP contribution < -0.4 is 9.47 Å². The zero-order valence-electron chi connectivity index (χ0n) is 23.4. The molecule has 1 fully saturated rings. The van der Waals surface area contributed by atoms with Crippen LogP contribution in [0.1, 0.15) is 34.7 Å². The number of alkyl halides is 3. The fourth-order valence-corrected chi connectivity index (χ4v) is 4.29. The van der Waals surface area contributed by atoms with Crippen molar-refractivity contribution in [3.8, 4) is 23.3 Å². The van der Waals surface area contributed by atoms with Crippen molar-refractivity contribution in [2.45, 2.75) is 26.1 Å². The monoisotopic (exact) mass is 579 g/mol. The molecular formula is C33H32F3NO5. The van der Waals surface area contributed by atoms with Gasteiger partial charge < -0.3 is 19.3 Å². The van der Waals surface area contributed by atoms with Crippen LogP contribution in [-0.2, 0) is 15.7 Å². The highest BCUT2D eigenvalue weighted by molar-refractivity contribution is 5.80. The number of nitrogens with zero attached hydrogens (tertiary/aromatic N) is 1. The first-order valence-electron chi connectivity index (χ1n) is 13.5. The van der Waals surface area contributed by atoms with Gasteiger partial charge in [-0.1, -0.05) is 36.1 Å². The van der Waals surface area contributed by atoms with Gasteiger partial charge >= 0.3 is 12.1 Å². The first-order chi connectivity index (χ1) is 20.1. The lowest BCUT2D eigenvalue weighted by molar-refractivity contribution is -0.144. The van der Waals surface area contributed by atoms with Crippen molar-refractivity contribution in [3.63, 3.8) is 0 Å². The number of hydrogen-bond acceptors (Lipinski definition) is 5. The Morgan fingerprint density at radius 2 is 1.69 bits per heavy atom. The Kier molecular flexibility index (Phi) is 10.3. The molecule has 9 heteroatoms. The molecule has 1 aliphatic heterocycles. The summed E-state index contributed by atoms with van der Waals surface area (Å²) in [6.45, 7) is 7.18. The Bertz CT molecular complexity index is 1450. The summed E-state index contributed by atoms with van der Waals surface area (Å²) in [6, 6.07) is 17.6. The van der Waals surface area contributed by atoms with E-state index in [0.29, 0.717) is 48.0 Å². The molecule has 1 aliphatic rings. The third kappa shape index (κ3) is 8.62. The second kappa shape index (κ2) is 14.1. The third-order valence-electron chi connectivity index (χ3n) is 6.69. The number of carboxylic acids is 1. The van der Waals surface area contributed by atoms with Crippen LogP contribution in [-0.4, -0.2) is 61.5 Å². The molecule has 1 N–H and O–H groups in total. The number of morpholine rings is 1. The molecule has 0 saturated carbocycles. The summed E-state index contributed by atoms with van der Waals surface area (Å²) in [7, 11) is 0. The number of benzene rings is 3. The minimum Gasteiger partial charge on any atom is -0.489 e. The molecule has 42 heavy (non-hydrogen) atoms. The topological polar surface area (TPSA) is 68.2 Å². The van der Waals surface area contributed by atoms with Crippen LogP contribution in [0.2, 0.25) is 0 Å². The van der Waals surface area contributed by atoms with Crippen LogP contribution in [0.5, 0.6) is 11.5 Å². The van der Waals surface area contributed by atoms with E-state index in [4.69, 9.17) is 19.3 Å². The zero-order chi connectivity index (χ0) is 30.1. The van der Waals surface area contributed by atoms with E-state index in [9.17, 15) is 18.0 Å². The minimum absolute atomic E-state index is 0.142. The molecule has 0 bridgehead atoms. The van der Waals surface area contributed by atoms with Crippen LogP contribution in [0.25, 0.3) is 5.57 Å². The van der Waals surface area contributed by atoms with Gasteiger partial charge in [-0.3, -0.25) is 4.90 Å². The van der Waals surface area contributed by atoms with E-state index in [0.717, 1.165) is 36.3 Å². The number of halogens is 3. The number of aliphatic carboxylic acids is 1. The molecule has 0 aliphatic carbocycles. The van der Waals surface area contributed by atoms with Gasteiger partial charge in [-0.15, -0.1) is 0 Å². The average molecular weight is 580 g/mol. The molecule has 0 radical (unpaired) electrons. The Morgan fingerprint density at radius 3 is 2.29 bits per heavy atom. The Balaban J connectivity index is 1.51. The number of ether oxygens (including phenoxy) is 3. The van der Waals surface area contributed by atoms with Crippen LogP contribution in [0.4, 0.5) is 13.2 Å². The molecule has 3 aromatic rings. The van der Waals surface area contributed by atoms with Crippen molar-refractivity contribution in [3.05, 3.63) is 101 Å². The molecule has 0 spiro atoms. The Morgan fingerprint density at radius 1 is 1.05 bits per heavy atom. The number of rotatable bonds is 9. The standard InChI is InChI=1S/C33H32F3NO5/c1-23-22-29(13-14-31(23)42-24(2)32(38)39)41-19-15-30(27-9-11-28(12-10-27)33(34,35)36)26-7-5-25(6-8-26)4-3-16-37-17-20-40-21-18-37/h5-15,22,24H,16-21H2,1-2H3,(H,38,39). The molecule has 1 atom stereocenters. The molecule has 3 aromatic carbocycles. The summed E-state index contributed by atoms with van der Waals surface area (Å²) >= 11 is 0. The van der Waals surface area contributed by atoms with Crippen molar-refractivity contribution in [1.82, 2.24) is 4.90 Å². The van der Waals surface area contributed by atoms with Crippen molar-refractivity contribution < 1.29 is 37.3 Å². The average Bonchev–Trinajstić information content (AvgIpc) is 2.97. The second-order valence-corrected chi connectivity index (χ2v) is 9.80. The van der Waals surface area contributed by atoms with E-state index in [1.807, 2.05) is 30.3 Å². The lowest BCUT2D eigenvalue weighted by atomic mass is 9.96. The summed E-state index contributed by atoms with van der Waals surface area (Å²) in [5.74, 6) is 6.27. The first-order valence-corrected chi connectivity index (χ1v) is 13.5. The normalized spacial score (nSPS) is 14.9. The highest BCUT2D eigenvalue weighted by Gasteiger charge is 2.30. The van der Waals surface area contributed by atoms with Crippen molar-refractivity contribution in [2.24, 2.45) is 0 Å². The molecule has 0 amide bonds. The zero-order valence-corrected chi connectivity index (χ0v) is 23.4. The van der Waals surface area contributed by atoms with Gasteiger partial charge in [0.2, 0.25) is 0 Å². The number of carboxylic acid groups (broad SMARTS) is 1. The van der Waals surface area contributed by atoms with E-state index in [1.54, 1.807) is 25.1 Å². The highest BCUT2D eigenvalue weighted by atomic mass is 19.4. The number of hydrogen-bond donors (Lipinski definition) is 1. The first kappa shape index (κ1) is 30.7. The van der Waals surface area contributed by atoms with Gasteiger partial charge in [-0.25, -0.2) is 4.79 Å². The largest absolute Gasteiger partial charge is 0.489 e. The van der Waals surface area contributed by atoms with Gasteiger partial charge in [0.1, 0.15) is 18.1 Å². The SMILES string of the molecule is Cc1cc(OCC=C(c2ccc(C#CCN3CCOCC3)cc2)c2ccc(C(F)(F)F)cc2)ccc1OC(C)C(=O)O. The smallest absolute Gasteiger partial charge is 0.416 e. The van der Waals surface area contributed by atoms with Gasteiger partial charge in [0.15, 0.2) is 6.10 Å². The minimum atomic E-state index is -4.43. The summed E-state index contributed by atoms with van der Waals surface area (Å²) in [6.07, 6.45) is -3.61. The van der Waals surface area contributed by atoms with E-state index in [2.05, 4.69) is 16.7 Å². The molecular weight excluding hydrogens is 547 g/mol. The maximum atomic E-state index is 13.2. The van der Waals surface area contributed by atoms with Gasteiger partial charge in [0, 0.05) is 18.7 Å². The van der Waals surface area contributed by atoms with Crippen molar-refractivity contribution >= 4 is 11.5 Å². The molecule has 220 valence electrons. The van der Waals surface area contributed by atoms with E-state index in [1.165, 1.54) is 19.1 Å². The maximum absolute atomic E-state index is 13.2. The Hall–Kier alpha value is -4.26. The van der Waals surface area contributed by atoms with E-state index < -0.39 is 23.8 Å². The quantitative estimate of drug-likeness (QED) is 0.311. The summed E-state index contributed by atoms with van der Waals surface area (Å²) < 4.78 is 56.3. The predicted molar refractivity (Wildman–Crippen MR) is 154 cm³/mol. The molecule has 6 nitrogen and oxygen atoms in total. The summed E-state index contributed by atoms with van der Waals surface area (Å²) in [5.41, 5.74) is 2.95. The van der Waals surface area contributed by atoms with Gasteiger partial charge in [0.25, 0.3) is 0 Å².